The molecule has 35 heavy (non-hydrogen) atoms. The van der Waals surface area contributed by atoms with Crippen molar-refractivity contribution in [3.05, 3.63) is 72.4 Å². The number of hydrogen-bond acceptors (Lipinski definition) is 5. The Kier molecular flexibility index (Phi) is 5.03. The minimum Gasteiger partial charge on any atom is -0.456 e. The average molecular weight is 465 g/mol. The summed E-state index contributed by atoms with van der Waals surface area (Å²) in [6, 6.07) is 17.5. The van der Waals surface area contributed by atoms with E-state index < -0.39 is 0 Å². The molecule has 7 nitrogen and oxygen atoms in total. The first kappa shape index (κ1) is 20.7. The standard InChI is InChI=1S/C28H28N6O/c1-3-21(29-11-1)24-16-31-27(34-24)18-7-5-17(6-8-18)26-14-20-13-19(9-10-25(20)35-26)23-15-32-28(33-23)22-4-2-12-30-22/h5-10,13-16,21-22,29-30H,1-4,11-12H2,(H,31,34)(H,32,33)/t21-,22-/m0/s1. The number of nitrogens with zero attached hydrogens (tertiary/aromatic N) is 2. The third kappa shape index (κ3) is 3.87. The van der Waals surface area contributed by atoms with Crippen LogP contribution in [0, 0.1) is 0 Å². The van der Waals surface area contributed by atoms with E-state index in [0.29, 0.717) is 12.1 Å². The molecular weight excluding hydrogens is 436 g/mol. The van der Waals surface area contributed by atoms with Crippen LogP contribution < -0.4 is 10.6 Å². The van der Waals surface area contributed by atoms with E-state index in [2.05, 4.69) is 73.0 Å². The molecule has 0 saturated carbocycles. The van der Waals surface area contributed by atoms with Crippen molar-refractivity contribution in [1.82, 2.24) is 30.6 Å². The van der Waals surface area contributed by atoms with Crippen LogP contribution >= 0.6 is 0 Å². The summed E-state index contributed by atoms with van der Waals surface area (Å²) in [5, 5.41) is 8.10. The maximum absolute atomic E-state index is 6.18. The van der Waals surface area contributed by atoms with Crippen molar-refractivity contribution >= 4 is 11.0 Å². The Balaban J connectivity index is 1.12. The zero-order valence-electron chi connectivity index (χ0n) is 19.5. The van der Waals surface area contributed by atoms with Crippen molar-refractivity contribution in [2.24, 2.45) is 0 Å². The molecule has 0 aliphatic carbocycles. The number of imidazole rings is 2. The molecule has 176 valence electrons. The van der Waals surface area contributed by atoms with Crippen LogP contribution in [0.2, 0.25) is 0 Å². The van der Waals surface area contributed by atoms with Gasteiger partial charge in [0.2, 0.25) is 0 Å². The lowest BCUT2D eigenvalue weighted by molar-refractivity contribution is 0.613. The van der Waals surface area contributed by atoms with Crippen molar-refractivity contribution < 1.29 is 4.42 Å². The Labute approximate surface area is 203 Å². The summed E-state index contributed by atoms with van der Waals surface area (Å²) in [6.45, 7) is 2.14. The lowest BCUT2D eigenvalue weighted by Crippen LogP contribution is -2.14. The van der Waals surface area contributed by atoms with Crippen LogP contribution in [0.25, 0.3) is 44.9 Å². The van der Waals surface area contributed by atoms with E-state index in [1.807, 2.05) is 18.5 Å². The number of benzene rings is 2. The third-order valence-electron chi connectivity index (χ3n) is 7.29. The van der Waals surface area contributed by atoms with Gasteiger partial charge in [0.15, 0.2) is 0 Å². The van der Waals surface area contributed by atoms with E-state index in [9.17, 15) is 0 Å². The van der Waals surface area contributed by atoms with E-state index >= 15 is 0 Å². The highest BCUT2D eigenvalue weighted by Gasteiger charge is 2.20. The van der Waals surface area contributed by atoms with Crippen molar-refractivity contribution in [3.63, 3.8) is 0 Å². The first-order valence-electron chi connectivity index (χ1n) is 12.5. The van der Waals surface area contributed by atoms with E-state index in [-0.39, 0.29) is 0 Å². The highest BCUT2D eigenvalue weighted by atomic mass is 16.3. The summed E-state index contributed by atoms with van der Waals surface area (Å²) in [7, 11) is 0. The number of nitrogens with one attached hydrogen (secondary N) is 4. The van der Waals surface area contributed by atoms with Crippen molar-refractivity contribution in [2.45, 2.75) is 37.8 Å². The Morgan fingerprint density at radius 1 is 0.743 bits per heavy atom. The van der Waals surface area contributed by atoms with Crippen LogP contribution in [0.5, 0.6) is 0 Å². The van der Waals surface area contributed by atoms with Gasteiger partial charge in [-0.25, -0.2) is 9.97 Å². The largest absolute Gasteiger partial charge is 0.456 e. The van der Waals surface area contributed by atoms with Crippen molar-refractivity contribution in [3.8, 4) is 34.0 Å². The van der Waals surface area contributed by atoms with Crippen LogP contribution in [-0.4, -0.2) is 33.0 Å². The number of fused-ring (bicyclic) bond motifs is 1. The number of aromatic amines is 2. The maximum atomic E-state index is 6.18. The van der Waals surface area contributed by atoms with Crippen LogP contribution in [0.15, 0.2) is 65.3 Å². The van der Waals surface area contributed by atoms with Crippen molar-refractivity contribution in [2.75, 3.05) is 13.1 Å². The van der Waals surface area contributed by atoms with Gasteiger partial charge in [-0.05, 0) is 63.0 Å². The SMILES string of the molecule is c1cc2oc(-c3ccc(-c4ncc([C@@H]5CCCN5)[nH]4)cc3)cc2cc1-c1cnc([C@@H]2CCCN2)[nH]1. The minimum atomic E-state index is 0.336. The monoisotopic (exact) mass is 464 g/mol. The van der Waals surface area contributed by atoms with Gasteiger partial charge >= 0.3 is 0 Å². The Bertz CT molecular complexity index is 1460. The van der Waals surface area contributed by atoms with Gasteiger partial charge in [0.05, 0.1) is 29.8 Å². The summed E-state index contributed by atoms with van der Waals surface area (Å²) < 4.78 is 6.18. The lowest BCUT2D eigenvalue weighted by atomic mass is 10.1. The molecule has 2 saturated heterocycles. The van der Waals surface area contributed by atoms with Gasteiger partial charge in [0, 0.05) is 28.1 Å². The molecular formula is C28H28N6O. The predicted molar refractivity (Wildman–Crippen MR) is 137 cm³/mol. The normalized spacial score (nSPS) is 20.2. The number of furan rings is 1. The average Bonchev–Trinajstić information content (AvgIpc) is 3.73. The fourth-order valence-corrected chi connectivity index (χ4v) is 5.33. The van der Waals surface area contributed by atoms with Gasteiger partial charge in [-0.15, -0.1) is 0 Å². The van der Waals surface area contributed by atoms with Gasteiger partial charge in [-0.3, -0.25) is 0 Å². The zero-order valence-corrected chi connectivity index (χ0v) is 19.5. The third-order valence-corrected chi connectivity index (χ3v) is 7.29. The quantitative estimate of drug-likeness (QED) is 0.267. The molecule has 3 aromatic heterocycles. The number of aromatic nitrogens is 4. The molecule has 0 spiro atoms. The van der Waals surface area contributed by atoms with Crippen LogP contribution in [0.4, 0.5) is 0 Å². The van der Waals surface area contributed by atoms with Crippen LogP contribution in [0.3, 0.4) is 0 Å². The van der Waals surface area contributed by atoms with E-state index in [1.54, 1.807) is 0 Å². The molecule has 0 amide bonds. The molecule has 2 aromatic carbocycles. The topological polar surface area (TPSA) is 94.6 Å². The molecule has 7 rings (SSSR count). The first-order chi connectivity index (χ1) is 17.3. The molecule has 4 N–H and O–H groups in total. The van der Waals surface area contributed by atoms with Gasteiger partial charge < -0.3 is 25.0 Å². The van der Waals surface area contributed by atoms with Crippen LogP contribution in [-0.2, 0) is 0 Å². The molecule has 2 fully saturated rings. The second-order valence-electron chi connectivity index (χ2n) is 9.61. The molecule has 0 unspecified atom stereocenters. The predicted octanol–water partition coefficient (Wildman–Crippen LogP) is 5.73. The molecule has 2 aliphatic rings. The summed E-state index contributed by atoms with van der Waals surface area (Å²) in [5.74, 6) is 2.79. The molecule has 2 aliphatic heterocycles. The number of hydrogen-bond donors (Lipinski definition) is 4. The van der Waals surface area contributed by atoms with Gasteiger partial charge in [0.25, 0.3) is 0 Å². The highest BCUT2D eigenvalue weighted by molar-refractivity contribution is 5.87. The zero-order chi connectivity index (χ0) is 23.2. The fraction of sp³-hybridized carbons (Fsp3) is 0.286. The number of H-pyrrole nitrogens is 2. The Hall–Kier alpha value is -3.68. The summed E-state index contributed by atoms with van der Waals surface area (Å²) in [4.78, 5) is 16.2. The summed E-state index contributed by atoms with van der Waals surface area (Å²) in [5.41, 5.74) is 6.31. The van der Waals surface area contributed by atoms with E-state index in [1.165, 1.54) is 18.5 Å². The Morgan fingerprint density at radius 2 is 1.51 bits per heavy atom. The summed E-state index contributed by atoms with van der Waals surface area (Å²) in [6.07, 6.45) is 8.59. The molecule has 0 radical (unpaired) electrons. The number of rotatable bonds is 5. The minimum absolute atomic E-state index is 0.336. The molecule has 2 atom stereocenters. The smallest absolute Gasteiger partial charge is 0.137 e. The van der Waals surface area contributed by atoms with E-state index in [0.717, 1.165) is 76.7 Å². The van der Waals surface area contributed by atoms with Crippen LogP contribution in [0.1, 0.15) is 49.3 Å². The van der Waals surface area contributed by atoms with E-state index in [4.69, 9.17) is 4.42 Å². The molecule has 7 heteroatoms. The second kappa shape index (κ2) is 8.52. The maximum Gasteiger partial charge on any atom is 0.137 e. The first-order valence-corrected chi connectivity index (χ1v) is 12.5. The second-order valence-corrected chi connectivity index (χ2v) is 9.61. The Morgan fingerprint density at radius 3 is 2.31 bits per heavy atom. The molecule has 5 heterocycles. The molecule has 0 bridgehead atoms. The fourth-order valence-electron chi connectivity index (χ4n) is 5.33. The van der Waals surface area contributed by atoms with Gasteiger partial charge in [0.1, 0.15) is 23.0 Å². The lowest BCUT2D eigenvalue weighted by Gasteiger charge is -2.06. The van der Waals surface area contributed by atoms with Gasteiger partial charge in [-0.1, -0.05) is 24.3 Å². The molecule has 5 aromatic rings. The summed E-state index contributed by atoms with van der Waals surface area (Å²) >= 11 is 0. The highest BCUT2D eigenvalue weighted by Crippen LogP contribution is 2.33. The van der Waals surface area contributed by atoms with Crippen molar-refractivity contribution in [1.29, 1.82) is 0 Å². The van der Waals surface area contributed by atoms with Gasteiger partial charge in [-0.2, -0.15) is 0 Å².